The van der Waals surface area contributed by atoms with Crippen LogP contribution in [0.4, 0.5) is 0 Å². The van der Waals surface area contributed by atoms with Crippen molar-refractivity contribution >= 4 is 10.9 Å². The van der Waals surface area contributed by atoms with E-state index in [1.54, 1.807) is 0 Å². The van der Waals surface area contributed by atoms with Gasteiger partial charge in [0.2, 0.25) is 0 Å². The van der Waals surface area contributed by atoms with Crippen LogP contribution in [0.5, 0.6) is 0 Å². The van der Waals surface area contributed by atoms with Crippen molar-refractivity contribution in [3.8, 4) is 11.3 Å². The van der Waals surface area contributed by atoms with Gasteiger partial charge in [0.15, 0.2) is 0 Å². The van der Waals surface area contributed by atoms with Crippen LogP contribution in [0.15, 0.2) is 60.7 Å². The largest absolute Gasteiger partial charge is 0.339 e. The first-order chi connectivity index (χ1) is 10.4. The van der Waals surface area contributed by atoms with Crippen LogP contribution in [0.25, 0.3) is 22.2 Å². The van der Waals surface area contributed by atoms with Crippen molar-refractivity contribution in [1.29, 1.82) is 0 Å². The smallest absolute Gasteiger partial charge is 0.0491 e. The van der Waals surface area contributed by atoms with Gasteiger partial charge in [0.05, 0.1) is 0 Å². The normalized spacial score (nSPS) is 11.1. The maximum Gasteiger partial charge on any atom is 0.0491 e. The molecule has 0 saturated heterocycles. The summed E-state index contributed by atoms with van der Waals surface area (Å²) in [6, 6.07) is 21.6. The molecule has 108 valence electrons. The van der Waals surface area contributed by atoms with E-state index in [4.69, 9.17) is 0 Å². The quantitative estimate of drug-likeness (QED) is 0.665. The average Bonchev–Trinajstić information content (AvgIpc) is 2.91. The van der Waals surface area contributed by atoms with E-state index in [1.165, 1.54) is 28.6 Å². The summed E-state index contributed by atoms with van der Waals surface area (Å²) in [4.78, 5) is 0. The van der Waals surface area contributed by atoms with Gasteiger partial charge in [-0.15, -0.1) is 0 Å². The molecule has 0 fully saturated rings. The number of hydrogen-bond donors (Lipinski definition) is 1. The Labute approximate surface area is 126 Å². The summed E-state index contributed by atoms with van der Waals surface area (Å²) in [5, 5.41) is 4.81. The molecular weight excluding hydrogens is 256 g/mol. The van der Waals surface area contributed by atoms with Crippen LogP contribution in [0.1, 0.15) is 13.3 Å². The highest BCUT2D eigenvalue weighted by Gasteiger charge is 2.09. The summed E-state index contributed by atoms with van der Waals surface area (Å²) in [6.07, 6.45) is 1.18. The molecule has 0 bridgehead atoms. The SMILES string of the molecule is CCCNCCn1c(-c2ccccc2)cc2ccccc21. The van der Waals surface area contributed by atoms with Crippen molar-refractivity contribution in [2.75, 3.05) is 13.1 Å². The Morgan fingerprint density at radius 3 is 2.48 bits per heavy atom. The molecule has 1 N–H and O–H groups in total. The Morgan fingerprint density at radius 2 is 1.67 bits per heavy atom. The summed E-state index contributed by atoms with van der Waals surface area (Å²) >= 11 is 0. The van der Waals surface area contributed by atoms with E-state index < -0.39 is 0 Å². The zero-order chi connectivity index (χ0) is 14.5. The number of hydrogen-bond acceptors (Lipinski definition) is 1. The van der Waals surface area contributed by atoms with E-state index in [0.29, 0.717) is 0 Å². The van der Waals surface area contributed by atoms with Gasteiger partial charge in [-0.1, -0.05) is 55.5 Å². The molecule has 0 saturated carbocycles. The van der Waals surface area contributed by atoms with Gasteiger partial charge in [0.25, 0.3) is 0 Å². The van der Waals surface area contributed by atoms with Crippen LogP contribution in [0, 0.1) is 0 Å². The first-order valence-corrected chi connectivity index (χ1v) is 7.74. The van der Waals surface area contributed by atoms with Crippen molar-refractivity contribution in [3.63, 3.8) is 0 Å². The zero-order valence-corrected chi connectivity index (χ0v) is 12.5. The fourth-order valence-electron chi connectivity index (χ4n) is 2.79. The predicted molar refractivity (Wildman–Crippen MR) is 90.5 cm³/mol. The number of aromatic nitrogens is 1. The van der Waals surface area contributed by atoms with Gasteiger partial charge in [0.1, 0.15) is 0 Å². The van der Waals surface area contributed by atoms with Gasteiger partial charge >= 0.3 is 0 Å². The molecule has 1 heterocycles. The van der Waals surface area contributed by atoms with E-state index in [-0.39, 0.29) is 0 Å². The molecule has 0 atom stereocenters. The summed E-state index contributed by atoms with van der Waals surface area (Å²) in [5.41, 5.74) is 3.90. The number of benzene rings is 2. The van der Waals surface area contributed by atoms with Crippen LogP contribution < -0.4 is 5.32 Å². The molecule has 0 spiro atoms. The van der Waals surface area contributed by atoms with Crippen molar-refractivity contribution in [2.24, 2.45) is 0 Å². The van der Waals surface area contributed by atoms with Crippen molar-refractivity contribution in [2.45, 2.75) is 19.9 Å². The van der Waals surface area contributed by atoms with Crippen molar-refractivity contribution < 1.29 is 0 Å². The van der Waals surface area contributed by atoms with E-state index in [0.717, 1.165) is 19.6 Å². The second kappa shape index (κ2) is 6.59. The Balaban J connectivity index is 1.98. The highest BCUT2D eigenvalue weighted by atomic mass is 15.0. The Morgan fingerprint density at radius 1 is 0.905 bits per heavy atom. The Kier molecular flexibility index (Phi) is 4.37. The first kappa shape index (κ1) is 13.9. The minimum absolute atomic E-state index is 0.998. The first-order valence-electron chi connectivity index (χ1n) is 7.74. The number of nitrogens with zero attached hydrogens (tertiary/aromatic N) is 1. The fourth-order valence-corrected chi connectivity index (χ4v) is 2.79. The standard InChI is InChI=1S/C19H22N2/c1-2-12-20-13-14-21-18-11-7-6-10-17(18)15-19(21)16-8-4-3-5-9-16/h3-11,15,20H,2,12-14H2,1H3. The molecule has 21 heavy (non-hydrogen) atoms. The van der Waals surface area contributed by atoms with Gasteiger partial charge in [-0.3, -0.25) is 0 Å². The van der Waals surface area contributed by atoms with Gasteiger partial charge in [-0.2, -0.15) is 0 Å². The molecular formula is C19H22N2. The van der Waals surface area contributed by atoms with E-state index in [2.05, 4.69) is 77.5 Å². The highest BCUT2D eigenvalue weighted by molar-refractivity contribution is 5.87. The van der Waals surface area contributed by atoms with Crippen LogP contribution in [-0.2, 0) is 6.54 Å². The van der Waals surface area contributed by atoms with E-state index >= 15 is 0 Å². The molecule has 2 heteroatoms. The van der Waals surface area contributed by atoms with Gasteiger partial charge in [-0.05, 0) is 30.7 Å². The summed E-state index contributed by atoms with van der Waals surface area (Å²) in [6.45, 7) is 5.29. The lowest BCUT2D eigenvalue weighted by Gasteiger charge is -2.11. The predicted octanol–water partition coefficient (Wildman–Crippen LogP) is 4.31. The van der Waals surface area contributed by atoms with Crippen molar-refractivity contribution in [1.82, 2.24) is 9.88 Å². The van der Waals surface area contributed by atoms with E-state index in [9.17, 15) is 0 Å². The molecule has 0 amide bonds. The lowest BCUT2D eigenvalue weighted by molar-refractivity contribution is 0.607. The topological polar surface area (TPSA) is 17.0 Å². The van der Waals surface area contributed by atoms with Crippen LogP contribution >= 0.6 is 0 Å². The van der Waals surface area contributed by atoms with Crippen LogP contribution in [-0.4, -0.2) is 17.7 Å². The minimum atomic E-state index is 0.998. The second-order valence-corrected chi connectivity index (χ2v) is 5.36. The third-order valence-corrected chi connectivity index (χ3v) is 3.82. The Hall–Kier alpha value is -2.06. The third-order valence-electron chi connectivity index (χ3n) is 3.82. The second-order valence-electron chi connectivity index (χ2n) is 5.36. The van der Waals surface area contributed by atoms with Gasteiger partial charge < -0.3 is 9.88 Å². The highest BCUT2D eigenvalue weighted by Crippen LogP contribution is 2.27. The fraction of sp³-hybridized carbons (Fsp3) is 0.263. The van der Waals surface area contributed by atoms with Gasteiger partial charge in [0, 0.05) is 29.7 Å². The van der Waals surface area contributed by atoms with Crippen LogP contribution in [0.3, 0.4) is 0 Å². The maximum absolute atomic E-state index is 3.50. The van der Waals surface area contributed by atoms with E-state index in [1.807, 2.05) is 0 Å². The average molecular weight is 278 g/mol. The number of fused-ring (bicyclic) bond motifs is 1. The summed E-state index contributed by atoms with van der Waals surface area (Å²) in [7, 11) is 0. The monoisotopic (exact) mass is 278 g/mol. The van der Waals surface area contributed by atoms with Crippen LogP contribution in [0.2, 0.25) is 0 Å². The number of rotatable bonds is 6. The number of nitrogens with one attached hydrogen (secondary N) is 1. The van der Waals surface area contributed by atoms with Crippen molar-refractivity contribution in [3.05, 3.63) is 60.7 Å². The lowest BCUT2D eigenvalue weighted by atomic mass is 10.1. The summed E-state index contributed by atoms with van der Waals surface area (Å²) in [5.74, 6) is 0. The zero-order valence-electron chi connectivity index (χ0n) is 12.5. The Bertz CT molecular complexity index is 698. The minimum Gasteiger partial charge on any atom is -0.339 e. The molecule has 1 aromatic heterocycles. The maximum atomic E-state index is 3.50. The van der Waals surface area contributed by atoms with Gasteiger partial charge in [-0.25, -0.2) is 0 Å². The lowest BCUT2D eigenvalue weighted by Crippen LogP contribution is -2.20. The molecule has 3 rings (SSSR count). The molecule has 2 aromatic carbocycles. The molecule has 2 nitrogen and oxygen atoms in total. The summed E-state index contributed by atoms with van der Waals surface area (Å²) < 4.78 is 2.42. The third kappa shape index (κ3) is 3.01. The molecule has 0 radical (unpaired) electrons. The molecule has 3 aromatic rings. The molecule has 0 unspecified atom stereocenters. The number of para-hydroxylation sites is 1. The molecule has 0 aliphatic carbocycles. The molecule has 0 aliphatic rings. The molecule has 0 aliphatic heterocycles.